The third-order valence-electron chi connectivity index (χ3n) is 3.98. The van der Waals surface area contributed by atoms with E-state index in [1.807, 2.05) is 11.6 Å². The van der Waals surface area contributed by atoms with Crippen molar-refractivity contribution in [2.75, 3.05) is 6.54 Å². The predicted octanol–water partition coefficient (Wildman–Crippen LogP) is 1.70. The molecule has 3 N–H and O–H groups in total. The molecule has 2 rings (SSSR count). The van der Waals surface area contributed by atoms with Crippen LogP contribution >= 0.6 is 0 Å². The van der Waals surface area contributed by atoms with E-state index in [-0.39, 0.29) is 5.84 Å². The lowest BCUT2D eigenvalue weighted by Gasteiger charge is -2.28. The van der Waals surface area contributed by atoms with Gasteiger partial charge in [-0.25, -0.2) is 0 Å². The number of oxime groups is 1. The molecule has 0 amide bonds. The van der Waals surface area contributed by atoms with Crippen molar-refractivity contribution in [3.05, 3.63) is 17.5 Å². The summed E-state index contributed by atoms with van der Waals surface area (Å²) in [6.07, 6.45) is 4.92. The van der Waals surface area contributed by atoms with Gasteiger partial charge >= 0.3 is 0 Å². The standard InChI is InChI=1S/C14H25N5O/c1-3-19-13(8-11(2)16-19)9-18(10-14(15)17-20)12-6-4-5-7-12/h8,12,20H,3-7,9-10H2,1-2H3,(H2,15,17). The Hall–Kier alpha value is -1.56. The number of hydrogen-bond donors (Lipinski definition) is 2. The molecule has 6 heteroatoms. The van der Waals surface area contributed by atoms with Crippen molar-refractivity contribution in [2.45, 2.75) is 58.7 Å². The third-order valence-corrected chi connectivity index (χ3v) is 3.98. The van der Waals surface area contributed by atoms with Gasteiger partial charge in [-0.05, 0) is 32.8 Å². The van der Waals surface area contributed by atoms with Crippen LogP contribution in [0.5, 0.6) is 0 Å². The lowest BCUT2D eigenvalue weighted by molar-refractivity contribution is 0.208. The highest BCUT2D eigenvalue weighted by molar-refractivity contribution is 5.81. The molecule has 0 atom stereocenters. The van der Waals surface area contributed by atoms with Gasteiger partial charge in [0.05, 0.1) is 17.9 Å². The Morgan fingerprint density at radius 1 is 1.55 bits per heavy atom. The van der Waals surface area contributed by atoms with Gasteiger partial charge in [0.25, 0.3) is 0 Å². The summed E-state index contributed by atoms with van der Waals surface area (Å²) in [4.78, 5) is 2.31. The van der Waals surface area contributed by atoms with Gasteiger partial charge < -0.3 is 10.9 Å². The molecule has 112 valence electrons. The largest absolute Gasteiger partial charge is 0.409 e. The van der Waals surface area contributed by atoms with Crippen LogP contribution in [0.3, 0.4) is 0 Å². The molecular formula is C14H25N5O. The normalized spacial score (nSPS) is 17.2. The molecule has 0 aromatic carbocycles. The van der Waals surface area contributed by atoms with Crippen LogP contribution in [-0.4, -0.2) is 38.3 Å². The average Bonchev–Trinajstić information content (AvgIpc) is 3.07. The first kappa shape index (κ1) is 14.8. The summed E-state index contributed by atoms with van der Waals surface area (Å²) in [7, 11) is 0. The molecule has 1 aliphatic rings. The van der Waals surface area contributed by atoms with Gasteiger partial charge in [0.2, 0.25) is 0 Å². The second kappa shape index (κ2) is 6.74. The lowest BCUT2D eigenvalue weighted by Crippen LogP contribution is -2.40. The number of aryl methyl sites for hydroxylation is 2. The highest BCUT2D eigenvalue weighted by Crippen LogP contribution is 2.25. The quantitative estimate of drug-likeness (QED) is 0.359. The van der Waals surface area contributed by atoms with E-state index in [0.29, 0.717) is 12.6 Å². The van der Waals surface area contributed by atoms with E-state index < -0.39 is 0 Å². The van der Waals surface area contributed by atoms with Crippen LogP contribution in [0.1, 0.15) is 44.0 Å². The van der Waals surface area contributed by atoms with Crippen molar-refractivity contribution < 1.29 is 5.21 Å². The highest BCUT2D eigenvalue weighted by atomic mass is 16.4. The Morgan fingerprint density at radius 2 is 2.25 bits per heavy atom. The Morgan fingerprint density at radius 3 is 2.85 bits per heavy atom. The van der Waals surface area contributed by atoms with E-state index in [9.17, 15) is 0 Å². The summed E-state index contributed by atoms with van der Waals surface area (Å²) in [6, 6.07) is 2.65. The summed E-state index contributed by atoms with van der Waals surface area (Å²) in [5, 5.41) is 16.4. The number of nitrogens with zero attached hydrogens (tertiary/aromatic N) is 4. The van der Waals surface area contributed by atoms with E-state index in [0.717, 1.165) is 18.8 Å². The van der Waals surface area contributed by atoms with Crippen LogP contribution in [0.15, 0.2) is 11.2 Å². The number of hydrogen-bond acceptors (Lipinski definition) is 4. The van der Waals surface area contributed by atoms with Gasteiger partial charge in [0.1, 0.15) is 0 Å². The lowest BCUT2D eigenvalue weighted by atomic mass is 10.2. The van der Waals surface area contributed by atoms with E-state index in [1.54, 1.807) is 0 Å². The molecular weight excluding hydrogens is 254 g/mol. The second-order valence-electron chi connectivity index (χ2n) is 5.53. The van der Waals surface area contributed by atoms with E-state index in [1.165, 1.54) is 31.4 Å². The average molecular weight is 279 g/mol. The zero-order valence-corrected chi connectivity index (χ0v) is 12.4. The number of rotatable bonds is 6. The Balaban J connectivity index is 2.13. The molecule has 0 saturated heterocycles. The molecule has 1 heterocycles. The van der Waals surface area contributed by atoms with Crippen LogP contribution in [0.4, 0.5) is 0 Å². The molecule has 1 aromatic rings. The molecule has 1 saturated carbocycles. The number of amidine groups is 1. The molecule has 0 unspecified atom stereocenters. The summed E-state index contributed by atoms with van der Waals surface area (Å²) >= 11 is 0. The van der Waals surface area contributed by atoms with Crippen LogP contribution in [0, 0.1) is 6.92 Å². The molecule has 0 bridgehead atoms. The Labute approximate surface area is 120 Å². The minimum atomic E-state index is 0.274. The van der Waals surface area contributed by atoms with E-state index >= 15 is 0 Å². The van der Waals surface area contributed by atoms with Crippen molar-refractivity contribution in [3.63, 3.8) is 0 Å². The summed E-state index contributed by atoms with van der Waals surface area (Å²) in [6.45, 7) is 6.29. The van der Waals surface area contributed by atoms with Gasteiger partial charge in [-0.15, -0.1) is 0 Å². The fourth-order valence-corrected chi connectivity index (χ4v) is 3.03. The first-order chi connectivity index (χ1) is 9.63. The minimum absolute atomic E-state index is 0.274. The predicted molar refractivity (Wildman–Crippen MR) is 78.7 cm³/mol. The van der Waals surface area contributed by atoms with Crippen molar-refractivity contribution >= 4 is 5.84 Å². The molecule has 6 nitrogen and oxygen atoms in total. The maximum absolute atomic E-state index is 8.82. The highest BCUT2D eigenvalue weighted by Gasteiger charge is 2.24. The monoisotopic (exact) mass is 279 g/mol. The first-order valence-corrected chi connectivity index (χ1v) is 7.37. The second-order valence-corrected chi connectivity index (χ2v) is 5.53. The van der Waals surface area contributed by atoms with Gasteiger partial charge in [0.15, 0.2) is 5.84 Å². The minimum Gasteiger partial charge on any atom is -0.409 e. The smallest absolute Gasteiger partial charge is 0.153 e. The molecule has 1 fully saturated rings. The molecule has 1 aliphatic carbocycles. The summed E-state index contributed by atoms with van der Waals surface area (Å²) < 4.78 is 2.03. The van der Waals surface area contributed by atoms with Gasteiger partial charge in [-0.3, -0.25) is 9.58 Å². The van der Waals surface area contributed by atoms with Crippen molar-refractivity contribution in [2.24, 2.45) is 10.9 Å². The topological polar surface area (TPSA) is 79.7 Å². The van der Waals surface area contributed by atoms with Crippen molar-refractivity contribution in [1.29, 1.82) is 0 Å². The van der Waals surface area contributed by atoms with Crippen LogP contribution in [0.2, 0.25) is 0 Å². The zero-order chi connectivity index (χ0) is 14.5. The van der Waals surface area contributed by atoms with Crippen molar-refractivity contribution in [3.8, 4) is 0 Å². The zero-order valence-electron chi connectivity index (χ0n) is 12.4. The SMILES string of the molecule is CCn1nc(C)cc1CN(CC(N)=NO)C1CCCC1. The molecule has 0 aliphatic heterocycles. The number of nitrogens with two attached hydrogens (primary N) is 1. The molecule has 0 radical (unpaired) electrons. The summed E-state index contributed by atoms with van der Waals surface area (Å²) in [5.41, 5.74) is 7.94. The Bertz CT molecular complexity index is 462. The fourth-order valence-electron chi connectivity index (χ4n) is 3.03. The Kier molecular flexibility index (Phi) is 5.00. The summed E-state index contributed by atoms with van der Waals surface area (Å²) in [5.74, 6) is 0.274. The molecule has 0 spiro atoms. The molecule has 1 aromatic heterocycles. The maximum Gasteiger partial charge on any atom is 0.153 e. The van der Waals surface area contributed by atoms with Crippen LogP contribution < -0.4 is 5.73 Å². The van der Waals surface area contributed by atoms with Crippen molar-refractivity contribution in [1.82, 2.24) is 14.7 Å². The first-order valence-electron chi connectivity index (χ1n) is 7.37. The molecule has 20 heavy (non-hydrogen) atoms. The van der Waals surface area contributed by atoms with Gasteiger partial charge in [-0.1, -0.05) is 18.0 Å². The van der Waals surface area contributed by atoms with Crippen LogP contribution in [-0.2, 0) is 13.1 Å². The van der Waals surface area contributed by atoms with E-state index in [2.05, 4.69) is 28.1 Å². The fraction of sp³-hybridized carbons (Fsp3) is 0.714. The number of aromatic nitrogens is 2. The van der Waals surface area contributed by atoms with Gasteiger partial charge in [-0.2, -0.15) is 5.10 Å². The maximum atomic E-state index is 8.82. The van der Waals surface area contributed by atoms with E-state index in [4.69, 9.17) is 10.9 Å². The van der Waals surface area contributed by atoms with Gasteiger partial charge in [0, 0.05) is 19.1 Å². The third kappa shape index (κ3) is 3.50. The van der Waals surface area contributed by atoms with Crippen LogP contribution in [0.25, 0.3) is 0 Å².